The van der Waals surface area contributed by atoms with E-state index in [9.17, 15) is 4.79 Å². The molecule has 0 amide bonds. The van der Waals surface area contributed by atoms with E-state index in [4.69, 9.17) is 21.6 Å². The Labute approximate surface area is 126 Å². The molecule has 0 radical (unpaired) electrons. The lowest BCUT2D eigenvalue weighted by Gasteiger charge is -2.07. The molecule has 0 bridgehead atoms. The molecular formula is C15H12ClNO2S. The summed E-state index contributed by atoms with van der Waals surface area (Å²) >= 11 is 7.48. The van der Waals surface area contributed by atoms with Gasteiger partial charge < -0.3 is 4.74 Å². The highest BCUT2D eigenvalue weighted by Gasteiger charge is 2.14. The predicted octanol–water partition coefficient (Wildman–Crippen LogP) is 4.15. The van der Waals surface area contributed by atoms with Gasteiger partial charge in [0.25, 0.3) is 0 Å². The van der Waals surface area contributed by atoms with E-state index < -0.39 is 0 Å². The van der Waals surface area contributed by atoms with Gasteiger partial charge in [0.1, 0.15) is 17.4 Å². The van der Waals surface area contributed by atoms with Gasteiger partial charge in [-0.25, -0.2) is 0 Å². The molecule has 1 aromatic carbocycles. The van der Waals surface area contributed by atoms with Crippen molar-refractivity contribution in [2.75, 3.05) is 6.61 Å². The summed E-state index contributed by atoms with van der Waals surface area (Å²) in [6.07, 6.45) is 0. The number of nitrogens with zero attached hydrogens (tertiary/aromatic N) is 1. The quantitative estimate of drug-likeness (QED) is 0.797. The van der Waals surface area contributed by atoms with E-state index >= 15 is 0 Å². The third-order valence-corrected chi connectivity index (χ3v) is 4.07. The second-order valence-electron chi connectivity index (χ2n) is 4.26. The van der Waals surface area contributed by atoms with Crippen molar-refractivity contribution in [1.82, 2.24) is 0 Å². The molecule has 0 aliphatic carbocycles. The zero-order chi connectivity index (χ0) is 14.7. The number of Topliss-reactive ketones (excluding diaryl/α,β-unsaturated/α-hetero) is 1. The molecule has 0 unspecified atom stereocenters. The first-order valence-electron chi connectivity index (χ1n) is 5.94. The Bertz CT molecular complexity index is 700. The van der Waals surface area contributed by atoms with E-state index in [0.29, 0.717) is 16.3 Å². The maximum Gasteiger partial charge on any atom is 0.201 e. The minimum Gasteiger partial charge on any atom is -0.484 e. The van der Waals surface area contributed by atoms with Crippen LogP contribution in [0.25, 0.3) is 0 Å². The van der Waals surface area contributed by atoms with Crippen molar-refractivity contribution in [3.63, 3.8) is 0 Å². The van der Waals surface area contributed by atoms with Crippen molar-refractivity contribution in [1.29, 1.82) is 5.26 Å². The fraction of sp³-hybridized carbons (Fsp3) is 0.200. The van der Waals surface area contributed by atoms with Crippen LogP contribution in [-0.4, -0.2) is 12.4 Å². The summed E-state index contributed by atoms with van der Waals surface area (Å²) in [6, 6.07) is 8.76. The van der Waals surface area contributed by atoms with Gasteiger partial charge in [-0.3, -0.25) is 4.79 Å². The molecule has 1 heterocycles. The highest BCUT2D eigenvalue weighted by Crippen LogP contribution is 2.26. The first-order chi connectivity index (χ1) is 9.52. The number of carbonyl (C=O) groups is 1. The van der Waals surface area contributed by atoms with Gasteiger partial charge in [0.15, 0.2) is 6.61 Å². The molecule has 3 nitrogen and oxygen atoms in total. The number of ketones is 1. The first kappa shape index (κ1) is 14.6. The summed E-state index contributed by atoms with van der Waals surface area (Å²) in [7, 11) is 0. The Morgan fingerprint density at radius 3 is 2.80 bits per heavy atom. The molecular weight excluding hydrogens is 294 g/mol. The van der Waals surface area contributed by atoms with Crippen LogP contribution in [0.5, 0.6) is 5.75 Å². The van der Waals surface area contributed by atoms with Crippen LogP contribution < -0.4 is 4.74 Å². The molecule has 2 rings (SSSR count). The van der Waals surface area contributed by atoms with E-state index in [1.807, 2.05) is 26.0 Å². The van der Waals surface area contributed by atoms with Crippen molar-refractivity contribution < 1.29 is 9.53 Å². The Morgan fingerprint density at radius 2 is 2.20 bits per heavy atom. The van der Waals surface area contributed by atoms with Crippen LogP contribution in [0, 0.1) is 25.2 Å². The molecule has 0 spiro atoms. The molecule has 0 atom stereocenters. The molecule has 0 saturated heterocycles. The fourth-order valence-electron chi connectivity index (χ4n) is 1.86. The minimum atomic E-state index is -0.105. The highest BCUT2D eigenvalue weighted by molar-refractivity contribution is 7.12. The summed E-state index contributed by atoms with van der Waals surface area (Å²) in [6.45, 7) is 3.76. The zero-order valence-electron chi connectivity index (χ0n) is 11.1. The van der Waals surface area contributed by atoms with Crippen molar-refractivity contribution >= 4 is 28.7 Å². The average molecular weight is 306 g/mol. The van der Waals surface area contributed by atoms with E-state index in [0.717, 1.165) is 9.75 Å². The second kappa shape index (κ2) is 6.08. The van der Waals surface area contributed by atoms with Gasteiger partial charge >= 0.3 is 0 Å². The number of benzene rings is 1. The number of hydrogen-bond donors (Lipinski definition) is 0. The lowest BCUT2D eigenvalue weighted by atomic mass is 10.1. The van der Waals surface area contributed by atoms with Crippen molar-refractivity contribution in [3.05, 3.63) is 50.2 Å². The lowest BCUT2D eigenvalue weighted by Crippen LogP contribution is -2.12. The van der Waals surface area contributed by atoms with Crippen LogP contribution >= 0.6 is 22.9 Å². The Balaban J connectivity index is 2.14. The molecule has 0 saturated carbocycles. The fourth-order valence-corrected chi connectivity index (χ4v) is 3.01. The molecule has 0 N–H and O–H groups in total. The zero-order valence-corrected chi connectivity index (χ0v) is 12.6. The standard InChI is InChI=1S/C15H12ClNO2S/c1-9-6-11(10(2)20-9)14(18)8-19-15-5-3-4-13(16)12(15)7-17/h3-6H,8H2,1-2H3. The predicted molar refractivity (Wildman–Crippen MR) is 79.8 cm³/mol. The Morgan fingerprint density at radius 1 is 1.45 bits per heavy atom. The number of halogens is 1. The molecule has 0 aliphatic rings. The summed E-state index contributed by atoms with van der Waals surface area (Å²) in [5.74, 6) is 0.230. The minimum absolute atomic E-state index is 0.101. The molecule has 0 fully saturated rings. The van der Waals surface area contributed by atoms with Crippen LogP contribution in [-0.2, 0) is 0 Å². The number of rotatable bonds is 4. The van der Waals surface area contributed by atoms with Crippen molar-refractivity contribution in [2.45, 2.75) is 13.8 Å². The number of hydrogen-bond acceptors (Lipinski definition) is 4. The van der Waals surface area contributed by atoms with Gasteiger partial charge in [-0.15, -0.1) is 11.3 Å². The van der Waals surface area contributed by atoms with Gasteiger partial charge in [0.2, 0.25) is 5.78 Å². The van der Waals surface area contributed by atoms with Gasteiger partial charge in [-0.2, -0.15) is 5.26 Å². The number of ether oxygens (including phenoxy) is 1. The molecule has 2 aromatic rings. The smallest absolute Gasteiger partial charge is 0.201 e. The third kappa shape index (κ3) is 3.01. The first-order valence-corrected chi connectivity index (χ1v) is 7.14. The SMILES string of the molecule is Cc1cc(C(=O)COc2cccc(Cl)c2C#N)c(C)s1. The summed E-state index contributed by atoms with van der Waals surface area (Å²) in [4.78, 5) is 14.2. The van der Waals surface area contributed by atoms with E-state index in [-0.39, 0.29) is 18.0 Å². The normalized spacial score (nSPS) is 10.1. The van der Waals surface area contributed by atoms with Crippen LogP contribution in [0.3, 0.4) is 0 Å². The van der Waals surface area contributed by atoms with E-state index in [1.54, 1.807) is 29.5 Å². The van der Waals surface area contributed by atoms with Crippen molar-refractivity contribution in [3.8, 4) is 11.8 Å². The van der Waals surface area contributed by atoms with E-state index in [1.165, 1.54) is 0 Å². The monoisotopic (exact) mass is 305 g/mol. The lowest BCUT2D eigenvalue weighted by molar-refractivity contribution is 0.0921. The molecule has 20 heavy (non-hydrogen) atoms. The van der Waals surface area contributed by atoms with E-state index in [2.05, 4.69) is 0 Å². The summed E-state index contributed by atoms with van der Waals surface area (Å²) in [5, 5.41) is 9.35. The van der Waals surface area contributed by atoms with Crippen LogP contribution in [0.1, 0.15) is 25.7 Å². The van der Waals surface area contributed by atoms with Crippen molar-refractivity contribution in [2.24, 2.45) is 0 Å². The summed E-state index contributed by atoms with van der Waals surface area (Å²) in [5.41, 5.74) is 0.924. The van der Waals surface area contributed by atoms with Gasteiger partial charge in [-0.1, -0.05) is 17.7 Å². The highest BCUT2D eigenvalue weighted by atomic mass is 35.5. The maximum absolute atomic E-state index is 12.1. The molecule has 0 aliphatic heterocycles. The Hall–Kier alpha value is -1.83. The second-order valence-corrected chi connectivity index (χ2v) is 6.13. The van der Waals surface area contributed by atoms with Gasteiger partial charge in [0, 0.05) is 15.3 Å². The average Bonchev–Trinajstić information content (AvgIpc) is 2.75. The third-order valence-electron chi connectivity index (χ3n) is 2.79. The Kier molecular flexibility index (Phi) is 4.43. The molecule has 5 heteroatoms. The molecule has 1 aromatic heterocycles. The number of carbonyl (C=O) groups excluding carboxylic acids is 1. The van der Waals surface area contributed by atoms with Crippen LogP contribution in [0.2, 0.25) is 5.02 Å². The van der Waals surface area contributed by atoms with Crippen LogP contribution in [0.4, 0.5) is 0 Å². The van der Waals surface area contributed by atoms with Crippen LogP contribution in [0.15, 0.2) is 24.3 Å². The van der Waals surface area contributed by atoms with Gasteiger partial charge in [0.05, 0.1) is 5.02 Å². The summed E-state index contributed by atoms with van der Waals surface area (Å²) < 4.78 is 5.44. The maximum atomic E-state index is 12.1. The number of aryl methyl sites for hydroxylation is 2. The number of thiophene rings is 1. The largest absolute Gasteiger partial charge is 0.484 e. The topological polar surface area (TPSA) is 50.1 Å². The molecule has 102 valence electrons. The van der Waals surface area contributed by atoms with Gasteiger partial charge in [-0.05, 0) is 32.0 Å². The number of nitriles is 1.